The number of hydrogen-bond acceptors (Lipinski definition) is 3. The van der Waals surface area contributed by atoms with E-state index in [0.29, 0.717) is 0 Å². The number of hydrogen-bond donors (Lipinski definition) is 2. The molecule has 3 atom stereocenters. The maximum atomic E-state index is 10.6. The molecular weight excluding hydrogens is 156 g/mol. The summed E-state index contributed by atoms with van der Waals surface area (Å²) in [5.74, 6) is -0.407. The van der Waals surface area contributed by atoms with Gasteiger partial charge in [0.25, 0.3) is 0 Å². The van der Waals surface area contributed by atoms with E-state index in [4.69, 9.17) is 16.2 Å². The number of rotatable bonds is 3. The van der Waals surface area contributed by atoms with E-state index >= 15 is 0 Å². The van der Waals surface area contributed by atoms with Crippen LogP contribution in [0.2, 0.25) is 0 Å². The molecule has 0 heterocycles. The molecular formula is C8H16N2O2. The highest BCUT2D eigenvalue weighted by Gasteiger charge is 2.25. The molecule has 0 radical (unpaired) electrons. The molecule has 12 heavy (non-hydrogen) atoms. The Bertz CT molecular complexity index is 172. The van der Waals surface area contributed by atoms with Gasteiger partial charge in [0.05, 0.1) is 6.10 Å². The summed E-state index contributed by atoms with van der Waals surface area (Å²) in [4.78, 5) is 10.6. The van der Waals surface area contributed by atoms with Crippen LogP contribution >= 0.6 is 0 Å². The van der Waals surface area contributed by atoms with Crippen LogP contribution in [-0.2, 0) is 9.53 Å². The minimum absolute atomic E-state index is 0.127. The molecule has 0 spiro atoms. The predicted molar refractivity (Wildman–Crippen MR) is 45.4 cm³/mol. The largest absolute Gasteiger partial charge is 0.367 e. The summed E-state index contributed by atoms with van der Waals surface area (Å²) in [6, 6.07) is 0.232. The fourth-order valence-electron chi connectivity index (χ4n) is 1.45. The lowest BCUT2D eigenvalue weighted by atomic mass is 10.2. The maximum absolute atomic E-state index is 10.6. The van der Waals surface area contributed by atoms with E-state index in [-0.39, 0.29) is 12.1 Å². The Morgan fingerprint density at radius 1 is 1.58 bits per heavy atom. The van der Waals surface area contributed by atoms with Gasteiger partial charge in [-0.3, -0.25) is 4.79 Å². The van der Waals surface area contributed by atoms with Crippen molar-refractivity contribution < 1.29 is 9.53 Å². The second-order valence-electron chi connectivity index (χ2n) is 3.38. The highest BCUT2D eigenvalue weighted by molar-refractivity contribution is 5.78. The molecule has 3 unspecified atom stereocenters. The summed E-state index contributed by atoms with van der Waals surface area (Å²) >= 11 is 0. The van der Waals surface area contributed by atoms with E-state index in [0.717, 1.165) is 19.3 Å². The molecule has 1 aliphatic carbocycles. The Morgan fingerprint density at radius 3 is 2.67 bits per heavy atom. The first-order valence-corrected chi connectivity index (χ1v) is 4.30. The van der Waals surface area contributed by atoms with Crippen LogP contribution in [0.15, 0.2) is 0 Å². The first kappa shape index (κ1) is 9.48. The number of nitrogens with two attached hydrogens (primary N) is 2. The van der Waals surface area contributed by atoms with E-state index in [1.165, 1.54) is 0 Å². The van der Waals surface area contributed by atoms with Crippen molar-refractivity contribution in [2.75, 3.05) is 0 Å². The summed E-state index contributed by atoms with van der Waals surface area (Å²) in [6.07, 6.45) is 2.41. The third kappa shape index (κ3) is 2.46. The topological polar surface area (TPSA) is 78.3 Å². The summed E-state index contributed by atoms with van der Waals surface area (Å²) in [6.45, 7) is 1.67. The van der Waals surface area contributed by atoms with Gasteiger partial charge in [0.1, 0.15) is 6.10 Å². The fraction of sp³-hybridized carbons (Fsp3) is 0.875. The van der Waals surface area contributed by atoms with Crippen LogP contribution in [0.25, 0.3) is 0 Å². The van der Waals surface area contributed by atoms with Crippen LogP contribution in [0.3, 0.4) is 0 Å². The van der Waals surface area contributed by atoms with Crippen molar-refractivity contribution in [2.24, 2.45) is 11.5 Å². The first-order valence-electron chi connectivity index (χ1n) is 4.30. The molecule has 1 fully saturated rings. The molecule has 0 aromatic rings. The molecule has 0 aliphatic heterocycles. The Labute approximate surface area is 72.2 Å². The Kier molecular flexibility index (Phi) is 3.05. The molecule has 1 amide bonds. The monoisotopic (exact) mass is 172 g/mol. The molecule has 0 saturated heterocycles. The highest BCUT2D eigenvalue weighted by atomic mass is 16.5. The minimum Gasteiger partial charge on any atom is -0.367 e. The summed E-state index contributed by atoms with van der Waals surface area (Å²) in [5.41, 5.74) is 10.7. The van der Waals surface area contributed by atoms with E-state index in [9.17, 15) is 4.79 Å². The maximum Gasteiger partial charge on any atom is 0.246 e. The fourth-order valence-corrected chi connectivity index (χ4v) is 1.45. The number of ether oxygens (including phenoxy) is 1. The van der Waals surface area contributed by atoms with Crippen molar-refractivity contribution in [3.05, 3.63) is 0 Å². The van der Waals surface area contributed by atoms with Crippen molar-refractivity contribution in [3.63, 3.8) is 0 Å². The lowest BCUT2D eigenvalue weighted by Crippen LogP contribution is -2.31. The molecule has 0 bridgehead atoms. The Morgan fingerprint density at radius 2 is 2.25 bits per heavy atom. The van der Waals surface area contributed by atoms with Gasteiger partial charge in [-0.15, -0.1) is 0 Å². The van der Waals surface area contributed by atoms with Gasteiger partial charge in [-0.25, -0.2) is 0 Å². The molecule has 70 valence electrons. The second kappa shape index (κ2) is 3.87. The van der Waals surface area contributed by atoms with Gasteiger partial charge >= 0.3 is 0 Å². The minimum atomic E-state index is -0.486. The average molecular weight is 172 g/mol. The van der Waals surface area contributed by atoms with E-state index in [2.05, 4.69) is 0 Å². The number of amides is 1. The van der Waals surface area contributed by atoms with E-state index in [1.807, 2.05) is 0 Å². The van der Waals surface area contributed by atoms with Gasteiger partial charge < -0.3 is 16.2 Å². The lowest BCUT2D eigenvalue weighted by Gasteiger charge is -2.15. The zero-order chi connectivity index (χ0) is 9.14. The molecule has 1 saturated carbocycles. The van der Waals surface area contributed by atoms with Crippen LogP contribution in [0.5, 0.6) is 0 Å². The van der Waals surface area contributed by atoms with Crippen LogP contribution in [0, 0.1) is 0 Å². The smallest absolute Gasteiger partial charge is 0.246 e. The van der Waals surface area contributed by atoms with E-state index < -0.39 is 12.0 Å². The van der Waals surface area contributed by atoms with Gasteiger partial charge in [-0.1, -0.05) is 0 Å². The van der Waals surface area contributed by atoms with E-state index in [1.54, 1.807) is 6.92 Å². The lowest BCUT2D eigenvalue weighted by molar-refractivity contribution is -0.131. The normalized spacial score (nSPS) is 31.8. The third-order valence-corrected chi connectivity index (χ3v) is 2.22. The zero-order valence-electron chi connectivity index (χ0n) is 7.32. The summed E-state index contributed by atoms with van der Waals surface area (Å²) in [7, 11) is 0. The Hall–Kier alpha value is -0.610. The molecule has 4 heteroatoms. The van der Waals surface area contributed by atoms with Crippen molar-refractivity contribution in [1.29, 1.82) is 0 Å². The van der Waals surface area contributed by atoms with Gasteiger partial charge in [-0.05, 0) is 26.2 Å². The third-order valence-electron chi connectivity index (χ3n) is 2.22. The Balaban J connectivity index is 2.27. The summed E-state index contributed by atoms with van der Waals surface area (Å²) < 4.78 is 5.39. The van der Waals surface area contributed by atoms with Crippen molar-refractivity contribution in [1.82, 2.24) is 0 Å². The summed E-state index contributed by atoms with van der Waals surface area (Å²) in [5, 5.41) is 0. The van der Waals surface area contributed by atoms with Gasteiger partial charge in [0.2, 0.25) is 5.91 Å². The predicted octanol–water partition coefficient (Wildman–Crippen LogP) is -0.243. The van der Waals surface area contributed by atoms with Crippen molar-refractivity contribution >= 4 is 5.91 Å². The number of primary amides is 1. The van der Waals surface area contributed by atoms with Crippen molar-refractivity contribution in [2.45, 2.75) is 44.4 Å². The van der Waals surface area contributed by atoms with Crippen molar-refractivity contribution in [3.8, 4) is 0 Å². The highest BCUT2D eigenvalue weighted by Crippen LogP contribution is 2.21. The second-order valence-corrected chi connectivity index (χ2v) is 3.38. The molecule has 4 N–H and O–H groups in total. The molecule has 1 rings (SSSR count). The van der Waals surface area contributed by atoms with Gasteiger partial charge in [0.15, 0.2) is 0 Å². The van der Waals surface area contributed by atoms with Gasteiger partial charge in [0, 0.05) is 6.04 Å². The quantitative estimate of drug-likeness (QED) is 0.616. The van der Waals surface area contributed by atoms with Crippen LogP contribution in [0.1, 0.15) is 26.2 Å². The average Bonchev–Trinajstić information content (AvgIpc) is 2.35. The van der Waals surface area contributed by atoms with Crippen LogP contribution in [0.4, 0.5) is 0 Å². The number of carbonyl (C=O) groups is 1. The molecule has 4 nitrogen and oxygen atoms in total. The van der Waals surface area contributed by atoms with Crippen LogP contribution in [-0.4, -0.2) is 24.2 Å². The molecule has 0 aromatic carbocycles. The molecule has 1 aliphatic rings. The standard InChI is InChI=1S/C8H16N2O2/c1-5(8(10)11)12-7-3-2-6(9)4-7/h5-7H,2-4,9H2,1H3,(H2,10,11). The molecule has 0 aromatic heterocycles. The first-order chi connectivity index (χ1) is 5.59. The SMILES string of the molecule is CC(OC1CCC(N)C1)C(N)=O. The number of carbonyl (C=O) groups excluding carboxylic acids is 1. The van der Waals surface area contributed by atoms with Gasteiger partial charge in [-0.2, -0.15) is 0 Å². The van der Waals surface area contributed by atoms with Crippen LogP contribution < -0.4 is 11.5 Å². The zero-order valence-corrected chi connectivity index (χ0v) is 7.32.